The van der Waals surface area contributed by atoms with Crippen molar-refractivity contribution in [2.24, 2.45) is 11.8 Å². The van der Waals surface area contributed by atoms with Crippen molar-refractivity contribution >= 4 is 15.9 Å². The molecule has 1 N–H and O–H groups in total. The minimum Gasteiger partial charge on any atom is -0.314 e. The predicted octanol–water partition coefficient (Wildman–Crippen LogP) is 4.80. The molecule has 1 aliphatic carbocycles. The Morgan fingerprint density at radius 2 is 2.00 bits per heavy atom. The lowest BCUT2D eigenvalue weighted by atomic mass is 9.82. The van der Waals surface area contributed by atoms with Gasteiger partial charge in [0.15, 0.2) is 0 Å². The van der Waals surface area contributed by atoms with Crippen molar-refractivity contribution in [1.82, 2.24) is 5.32 Å². The molecule has 0 aliphatic heterocycles. The third-order valence-corrected chi connectivity index (χ3v) is 4.78. The molecule has 0 aromatic heterocycles. The summed E-state index contributed by atoms with van der Waals surface area (Å²) in [4.78, 5) is 0. The molecule has 19 heavy (non-hydrogen) atoms. The van der Waals surface area contributed by atoms with Crippen LogP contribution < -0.4 is 5.32 Å². The monoisotopic (exact) mass is 323 g/mol. The second-order valence-corrected chi connectivity index (χ2v) is 7.19. The lowest BCUT2D eigenvalue weighted by Crippen LogP contribution is -2.34. The maximum absolute atomic E-state index is 3.72. The maximum atomic E-state index is 3.72. The van der Waals surface area contributed by atoms with Gasteiger partial charge in [0.1, 0.15) is 0 Å². The van der Waals surface area contributed by atoms with Crippen LogP contribution in [0, 0.1) is 11.8 Å². The SMILES string of the molecule is CC1CCCC(CNC(C)Cc2ccc(Br)cc2)C1. The van der Waals surface area contributed by atoms with E-state index in [0.717, 1.165) is 22.7 Å². The van der Waals surface area contributed by atoms with Crippen molar-refractivity contribution in [2.75, 3.05) is 6.54 Å². The van der Waals surface area contributed by atoms with E-state index in [-0.39, 0.29) is 0 Å². The van der Waals surface area contributed by atoms with E-state index in [2.05, 4.69) is 59.4 Å². The molecule has 1 nitrogen and oxygen atoms in total. The zero-order chi connectivity index (χ0) is 13.7. The number of hydrogen-bond donors (Lipinski definition) is 1. The van der Waals surface area contributed by atoms with E-state index in [1.54, 1.807) is 0 Å². The predicted molar refractivity (Wildman–Crippen MR) is 86.4 cm³/mol. The first kappa shape index (κ1) is 15.1. The zero-order valence-corrected chi connectivity index (χ0v) is 13.7. The van der Waals surface area contributed by atoms with Gasteiger partial charge in [-0.05, 0) is 62.3 Å². The minimum absolute atomic E-state index is 0.568. The Kier molecular flexibility index (Phi) is 5.90. The molecule has 0 radical (unpaired) electrons. The highest BCUT2D eigenvalue weighted by molar-refractivity contribution is 9.10. The van der Waals surface area contributed by atoms with E-state index < -0.39 is 0 Å². The third kappa shape index (κ3) is 5.27. The van der Waals surface area contributed by atoms with Gasteiger partial charge in [0, 0.05) is 10.5 Å². The normalized spacial score (nSPS) is 25.2. The van der Waals surface area contributed by atoms with Crippen molar-refractivity contribution in [3.63, 3.8) is 0 Å². The zero-order valence-electron chi connectivity index (χ0n) is 12.2. The molecule has 1 aromatic carbocycles. The summed E-state index contributed by atoms with van der Waals surface area (Å²) in [6, 6.07) is 9.25. The lowest BCUT2D eigenvalue weighted by molar-refractivity contribution is 0.268. The number of benzene rings is 1. The van der Waals surface area contributed by atoms with Crippen LogP contribution in [0.1, 0.15) is 45.1 Å². The number of nitrogens with one attached hydrogen (secondary N) is 1. The van der Waals surface area contributed by atoms with Crippen LogP contribution in [0.2, 0.25) is 0 Å². The highest BCUT2D eigenvalue weighted by atomic mass is 79.9. The van der Waals surface area contributed by atoms with Gasteiger partial charge in [0.25, 0.3) is 0 Å². The first-order valence-electron chi connectivity index (χ1n) is 7.61. The largest absolute Gasteiger partial charge is 0.314 e. The Labute approximate surface area is 126 Å². The first-order valence-corrected chi connectivity index (χ1v) is 8.40. The van der Waals surface area contributed by atoms with Gasteiger partial charge in [0.05, 0.1) is 0 Å². The molecule has 106 valence electrons. The molecular formula is C17H26BrN. The molecule has 2 rings (SSSR count). The second-order valence-electron chi connectivity index (χ2n) is 6.28. The van der Waals surface area contributed by atoms with Crippen LogP contribution in [0.5, 0.6) is 0 Å². The molecule has 1 fully saturated rings. The van der Waals surface area contributed by atoms with Crippen molar-refractivity contribution in [2.45, 2.75) is 52.0 Å². The highest BCUT2D eigenvalue weighted by Gasteiger charge is 2.18. The van der Waals surface area contributed by atoms with Crippen molar-refractivity contribution in [3.05, 3.63) is 34.3 Å². The van der Waals surface area contributed by atoms with E-state index in [9.17, 15) is 0 Å². The van der Waals surface area contributed by atoms with Crippen LogP contribution in [-0.2, 0) is 6.42 Å². The van der Waals surface area contributed by atoms with E-state index >= 15 is 0 Å². The lowest BCUT2D eigenvalue weighted by Gasteiger charge is -2.28. The van der Waals surface area contributed by atoms with Crippen LogP contribution in [0.15, 0.2) is 28.7 Å². The number of hydrogen-bond acceptors (Lipinski definition) is 1. The van der Waals surface area contributed by atoms with Crippen LogP contribution in [-0.4, -0.2) is 12.6 Å². The fraction of sp³-hybridized carbons (Fsp3) is 0.647. The van der Waals surface area contributed by atoms with Gasteiger partial charge in [-0.2, -0.15) is 0 Å². The van der Waals surface area contributed by atoms with Crippen molar-refractivity contribution in [3.8, 4) is 0 Å². The smallest absolute Gasteiger partial charge is 0.0175 e. The second kappa shape index (κ2) is 7.44. The molecule has 3 atom stereocenters. The molecule has 3 unspecified atom stereocenters. The molecule has 0 amide bonds. The highest BCUT2D eigenvalue weighted by Crippen LogP contribution is 2.28. The van der Waals surface area contributed by atoms with Crippen LogP contribution in [0.3, 0.4) is 0 Å². The summed E-state index contributed by atoms with van der Waals surface area (Å²) >= 11 is 3.48. The average molecular weight is 324 g/mol. The van der Waals surface area contributed by atoms with Crippen LogP contribution in [0.25, 0.3) is 0 Å². The van der Waals surface area contributed by atoms with Gasteiger partial charge >= 0.3 is 0 Å². The molecule has 0 saturated heterocycles. The number of rotatable bonds is 5. The Morgan fingerprint density at radius 3 is 2.68 bits per heavy atom. The van der Waals surface area contributed by atoms with Crippen molar-refractivity contribution in [1.29, 1.82) is 0 Å². The minimum atomic E-state index is 0.568. The van der Waals surface area contributed by atoms with E-state index in [1.165, 1.54) is 37.8 Å². The maximum Gasteiger partial charge on any atom is 0.0175 e. The third-order valence-electron chi connectivity index (χ3n) is 4.26. The Morgan fingerprint density at radius 1 is 1.26 bits per heavy atom. The summed E-state index contributed by atoms with van der Waals surface area (Å²) < 4.78 is 1.16. The molecule has 2 heteroatoms. The van der Waals surface area contributed by atoms with Crippen molar-refractivity contribution < 1.29 is 0 Å². The molecule has 0 bridgehead atoms. The molecular weight excluding hydrogens is 298 g/mol. The van der Waals surface area contributed by atoms with Crippen LogP contribution >= 0.6 is 15.9 Å². The summed E-state index contributed by atoms with van der Waals surface area (Å²) in [5.74, 6) is 1.83. The first-order chi connectivity index (χ1) is 9.13. The summed E-state index contributed by atoms with van der Waals surface area (Å²) in [6.45, 7) is 5.90. The summed E-state index contributed by atoms with van der Waals surface area (Å²) in [7, 11) is 0. The Balaban J connectivity index is 1.72. The van der Waals surface area contributed by atoms with E-state index in [4.69, 9.17) is 0 Å². The van der Waals surface area contributed by atoms with Gasteiger partial charge < -0.3 is 5.32 Å². The van der Waals surface area contributed by atoms with Gasteiger partial charge in [-0.1, -0.05) is 47.8 Å². The topological polar surface area (TPSA) is 12.0 Å². The average Bonchev–Trinajstić information content (AvgIpc) is 2.39. The quantitative estimate of drug-likeness (QED) is 0.821. The summed E-state index contributed by atoms with van der Waals surface area (Å²) in [5.41, 5.74) is 1.42. The van der Waals surface area contributed by atoms with E-state index in [0.29, 0.717) is 6.04 Å². The van der Waals surface area contributed by atoms with E-state index in [1.807, 2.05) is 0 Å². The standard InChI is InChI=1S/C17H26BrN/c1-13-4-3-5-16(10-13)12-19-14(2)11-15-6-8-17(18)9-7-15/h6-9,13-14,16,19H,3-5,10-12H2,1-2H3. The van der Waals surface area contributed by atoms with Gasteiger partial charge in [0.2, 0.25) is 0 Å². The summed E-state index contributed by atoms with van der Waals surface area (Å²) in [5, 5.41) is 3.72. The fourth-order valence-corrected chi connectivity index (χ4v) is 3.42. The van der Waals surface area contributed by atoms with Gasteiger partial charge in [-0.25, -0.2) is 0 Å². The van der Waals surface area contributed by atoms with Gasteiger partial charge in [-0.15, -0.1) is 0 Å². The Bertz CT molecular complexity index is 373. The molecule has 1 saturated carbocycles. The van der Waals surface area contributed by atoms with Gasteiger partial charge in [-0.3, -0.25) is 0 Å². The van der Waals surface area contributed by atoms with Crippen LogP contribution in [0.4, 0.5) is 0 Å². The molecule has 0 spiro atoms. The number of halogens is 1. The molecule has 1 aliphatic rings. The Hall–Kier alpha value is -0.340. The fourth-order valence-electron chi connectivity index (χ4n) is 3.16. The molecule has 1 aromatic rings. The summed E-state index contributed by atoms with van der Waals surface area (Å²) in [6.07, 6.45) is 6.81. The molecule has 0 heterocycles.